The van der Waals surface area contributed by atoms with Gasteiger partial charge in [0.1, 0.15) is 11.5 Å². The van der Waals surface area contributed by atoms with Crippen LogP contribution < -0.4 is 5.32 Å². The van der Waals surface area contributed by atoms with Crippen molar-refractivity contribution in [1.82, 2.24) is 19.4 Å². The Bertz CT molecular complexity index is 1690. The zero-order valence-electron chi connectivity index (χ0n) is 19.3. The van der Waals surface area contributed by atoms with Crippen LogP contribution >= 0.6 is 0 Å². The summed E-state index contributed by atoms with van der Waals surface area (Å²) in [4.78, 5) is 14.0. The van der Waals surface area contributed by atoms with Gasteiger partial charge in [-0.25, -0.2) is 19.3 Å². The van der Waals surface area contributed by atoms with Crippen LogP contribution in [0.5, 0.6) is 0 Å². The van der Waals surface area contributed by atoms with Crippen molar-refractivity contribution in [2.75, 3.05) is 5.32 Å². The molecule has 2 N–H and O–H groups in total. The van der Waals surface area contributed by atoms with E-state index >= 15 is 0 Å². The number of rotatable bonds is 6. The van der Waals surface area contributed by atoms with Gasteiger partial charge in [0.2, 0.25) is 5.95 Å². The molecule has 0 fully saturated rings. The van der Waals surface area contributed by atoms with Crippen LogP contribution in [0.4, 0.5) is 10.3 Å². The molecule has 0 saturated carbocycles. The van der Waals surface area contributed by atoms with E-state index in [2.05, 4.69) is 34.6 Å². The molecule has 0 aliphatic carbocycles. The molecule has 0 aliphatic heterocycles. The minimum Gasteiger partial charge on any atom is -0.392 e. The zero-order chi connectivity index (χ0) is 24.5. The first-order valence-electron chi connectivity index (χ1n) is 11.6. The van der Waals surface area contributed by atoms with Gasteiger partial charge in [-0.3, -0.25) is 4.40 Å². The van der Waals surface area contributed by atoms with E-state index in [1.807, 2.05) is 47.0 Å². The van der Waals surface area contributed by atoms with Gasteiger partial charge in [-0.15, -0.1) is 0 Å². The van der Waals surface area contributed by atoms with Gasteiger partial charge in [0, 0.05) is 24.5 Å². The second-order valence-electron chi connectivity index (χ2n) is 8.49. The lowest BCUT2D eigenvalue weighted by Crippen LogP contribution is -2.05. The normalized spacial score (nSPS) is 11.3. The van der Waals surface area contributed by atoms with Crippen molar-refractivity contribution in [3.8, 4) is 22.6 Å². The Morgan fingerprint density at radius 3 is 2.58 bits per heavy atom. The van der Waals surface area contributed by atoms with Crippen LogP contribution in [0.25, 0.3) is 39.1 Å². The highest BCUT2D eigenvalue weighted by Crippen LogP contribution is 2.32. The predicted molar refractivity (Wildman–Crippen MR) is 139 cm³/mol. The number of benzene rings is 3. The van der Waals surface area contributed by atoms with Crippen molar-refractivity contribution in [2.24, 2.45) is 0 Å². The van der Waals surface area contributed by atoms with Crippen LogP contribution in [0.1, 0.15) is 11.1 Å². The van der Waals surface area contributed by atoms with Crippen molar-refractivity contribution >= 4 is 22.4 Å². The van der Waals surface area contributed by atoms with Crippen molar-refractivity contribution in [3.63, 3.8) is 0 Å². The van der Waals surface area contributed by atoms with E-state index in [0.717, 1.165) is 22.4 Å². The summed E-state index contributed by atoms with van der Waals surface area (Å²) >= 11 is 0. The van der Waals surface area contributed by atoms with Gasteiger partial charge in [0.15, 0.2) is 0 Å². The average molecular weight is 476 g/mol. The molecular formula is C29H22FN5O. The number of aromatic nitrogens is 4. The number of hydrogen-bond acceptors (Lipinski definition) is 5. The molecule has 0 unspecified atom stereocenters. The maximum Gasteiger partial charge on any atom is 0.223 e. The van der Waals surface area contributed by atoms with Crippen molar-refractivity contribution in [2.45, 2.75) is 13.2 Å². The largest absolute Gasteiger partial charge is 0.392 e. The summed E-state index contributed by atoms with van der Waals surface area (Å²) in [7, 11) is 0. The molecule has 36 heavy (non-hydrogen) atoms. The molecule has 7 heteroatoms. The van der Waals surface area contributed by atoms with E-state index in [0.29, 0.717) is 29.5 Å². The highest BCUT2D eigenvalue weighted by Gasteiger charge is 2.18. The number of hydrogen-bond donors (Lipinski definition) is 2. The third-order valence-corrected chi connectivity index (χ3v) is 6.21. The predicted octanol–water partition coefficient (Wildman–Crippen LogP) is 5.86. The number of nitrogens with zero attached hydrogens (tertiary/aromatic N) is 4. The van der Waals surface area contributed by atoms with E-state index < -0.39 is 0 Å². The minimum atomic E-state index is -0.311. The van der Waals surface area contributed by atoms with Crippen molar-refractivity contribution in [1.29, 1.82) is 0 Å². The van der Waals surface area contributed by atoms with Gasteiger partial charge in [-0.2, -0.15) is 0 Å². The average Bonchev–Trinajstić information content (AvgIpc) is 3.31. The van der Waals surface area contributed by atoms with Gasteiger partial charge in [0.25, 0.3) is 0 Å². The first-order valence-corrected chi connectivity index (χ1v) is 11.6. The van der Waals surface area contributed by atoms with Crippen LogP contribution in [0.15, 0.2) is 97.3 Å². The molecule has 0 atom stereocenters. The quantitative estimate of drug-likeness (QED) is 0.316. The number of halogens is 1. The molecule has 176 valence electrons. The van der Waals surface area contributed by atoms with Crippen LogP contribution in [0, 0.1) is 5.82 Å². The molecule has 6 aromatic rings. The fraction of sp³-hybridized carbons (Fsp3) is 0.0690. The number of imidazole rings is 1. The number of fused-ring (bicyclic) bond motifs is 2. The third kappa shape index (κ3) is 4.06. The first kappa shape index (κ1) is 21.9. The number of pyridine rings is 1. The zero-order valence-corrected chi connectivity index (χ0v) is 19.3. The van der Waals surface area contributed by atoms with Crippen molar-refractivity contribution in [3.05, 3.63) is 114 Å². The van der Waals surface area contributed by atoms with Gasteiger partial charge in [0.05, 0.1) is 23.7 Å². The molecule has 0 bridgehead atoms. The Morgan fingerprint density at radius 2 is 1.72 bits per heavy atom. The summed E-state index contributed by atoms with van der Waals surface area (Å²) in [5.41, 5.74) is 5.45. The second kappa shape index (κ2) is 9.20. The molecule has 6 nitrogen and oxygen atoms in total. The molecule has 6 rings (SSSR count). The van der Waals surface area contributed by atoms with Gasteiger partial charge >= 0.3 is 0 Å². The highest BCUT2D eigenvalue weighted by atomic mass is 19.1. The summed E-state index contributed by atoms with van der Waals surface area (Å²) < 4.78 is 15.5. The molecular weight excluding hydrogens is 453 g/mol. The monoisotopic (exact) mass is 475 g/mol. The summed E-state index contributed by atoms with van der Waals surface area (Å²) in [6.07, 6.45) is 3.57. The lowest BCUT2D eigenvalue weighted by molar-refractivity contribution is 0.282. The second-order valence-corrected chi connectivity index (χ2v) is 8.49. The molecule has 3 aromatic carbocycles. The topological polar surface area (TPSA) is 75.3 Å². The third-order valence-electron chi connectivity index (χ3n) is 6.21. The Balaban J connectivity index is 1.41. The molecule has 0 amide bonds. The van der Waals surface area contributed by atoms with Crippen LogP contribution in [-0.2, 0) is 13.2 Å². The number of aliphatic hydroxyl groups excluding tert-OH is 1. The smallest absolute Gasteiger partial charge is 0.223 e. The van der Waals surface area contributed by atoms with E-state index in [4.69, 9.17) is 9.97 Å². The SMILES string of the molecule is OCc1ccn2c(-c3ccnc(NCc4cccc5ccccc45)n3)c(-c3ccc(F)cc3)nc2c1. The van der Waals surface area contributed by atoms with Gasteiger partial charge in [-0.1, -0.05) is 42.5 Å². The fourth-order valence-electron chi connectivity index (χ4n) is 4.44. The van der Waals surface area contributed by atoms with Gasteiger partial charge < -0.3 is 10.4 Å². The Morgan fingerprint density at radius 1 is 0.889 bits per heavy atom. The van der Waals surface area contributed by atoms with E-state index in [1.165, 1.54) is 22.9 Å². The minimum absolute atomic E-state index is 0.0830. The van der Waals surface area contributed by atoms with Crippen LogP contribution in [0.2, 0.25) is 0 Å². The van der Waals surface area contributed by atoms with Gasteiger partial charge in [-0.05, 0) is 64.4 Å². The summed E-state index contributed by atoms with van der Waals surface area (Å²) in [6, 6.07) is 26.3. The fourth-order valence-corrected chi connectivity index (χ4v) is 4.44. The highest BCUT2D eigenvalue weighted by molar-refractivity contribution is 5.86. The molecule has 0 aliphatic rings. The lowest BCUT2D eigenvalue weighted by atomic mass is 10.0. The number of aliphatic hydroxyl groups is 1. The first-order chi connectivity index (χ1) is 17.7. The van der Waals surface area contributed by atoms with E-state index in [-0.39, 0.29) is 12.4 Å². The molecule has 0 spiro atoms. The Hall–Kier alpha value is -4.62. The summed E-state index contributed by atoms with van der Waals surface area (Å²) in [5, 5.41) is 15.3. The number of anilines is 1. The summed E-state index contributed by atoms with van der Waals surface area (Å²) in [6.45, 7) is 0.489. The maximum absolute atomic E-state index is 13.6. The van der Waals surface area contributed by atoms with Crippen molar-refractivity contribution < 1.29 is 9.50 Å². The molecule has 0 saturated heterocycles. The Kier molecular flexibility index (Phi) is 5.59. The molecule has 3 heterocycles. The number of nitrogens with one attached hydrogen (secondary N) is 1. The van der Waals surface area contributed by atoms with E-state index in [9.17, 15) is 9.50 Å². The lowest BCUT2D eigenvalue weighted by Gasteiger charge is -2.10. The van der Waals surface area contributed by atoms with Crippen LogP contribution in [0.3, 0.4) is 0 Å². The molecule has 0 radical (unpaired) electrons. The maximum atomic E-state index is 13.6. The Labute approximate surface area is 206 Å². The van der Waals surface area contributed by atoms with E-state index in [1.54, 1.807) is 18.3 Å². The summed E-state index contributed by atoms with van der Waals surface area (Å²) in [5.74, 6) is 0.181. The van der Waals surface area contributed by atoms with Crippen LogP contribution in [-0.4, -0.2) is 24.5 Å². The standard InChI is InChI=1S/C29H22FN5O/c30-23-10-8-21(9-11-23)27-28(35-15-13-19(18-36)16-26(35)34-27)25-12-14-31-29(33-25)32-17-22-6-3-5-20-4-1-2-7-24(20)22/h1-16,36H,17-18H2,(H,31,32,33). The molecule has 3 aromatic heterocycles.